The first-order valence-electron chi connectivity index (χ1n) is 25.2. The zero-order chi connectivity index (χ0) is 47.1. The fraction of sp³-hybridized carbons (Fsp3) is 0.712. The number of nitrogens with one attached hydrogen (secondary N) is 1. The maximum atomic E-state index is 13.7. The molecule has 1 unspecified atom stereocenters. The van der Waals surface area contributed by atoms with Gasteiger partial charge in [-0.2, -0.15) is 8.42 Å². The molecule has 1 aliphatic rings. The van der Waals surface area contributed by atoms with E-state index < -0.39 is 59.3 Å². The van der Waals surface area contributed by atoms with Gasteiger partial charge >= 0.3 is 22.3 Å². The van der Waals surface area contributed by atoms with Crippen LogP contribution in [-0.2, 0) is 68.9 Å². The number of aryl methyl sites for hydroxylation is 4. The number of amides is 1. The lowest BCUT2D eigenvalue weighted by Crippen LogP contribution is -2.62. The molecule has 12 nitrogen and oxygen atoms in total. The number of carbonyl (C=O) groups is 3. The van der Waals surface area contributed by atoms with Crippen LogP contribution in [0.5, 0.6) is 0 Å². The molecular formula is C52H83NO11S. The number of rotatable bonds is 36. The second-order valence-corrected chi connectivity index (χ2v) is 19.1. The number of benzene rings is 2. The number of hydrogen-bond acceptors (Lipinski definition) is 10. The average Bonchev–Trinajstić information content (AvgIpc) is 3.28. The Labute approximate surface area is 391 Å². The lowest BCUT2D eigenvalue weighted by molar-refractivity contribution is -0.186. The van der Waals surface area contributed by atoms with Crippen molar-refractivity contribution in [1.29, 1.82) is 0 Å². The molecule has 1 amide bonds. The summed E-state index contributed by atoms with van der Waals surface area (Å²) in [4.78, 5) is 40.2. The van der Waals surface area contributed by atoms with Gasteiger partial charge in [-0.25, -0.2) is 4.18 Å². The summed E-state index contributed by atoms with van der Waals surface area (Å²) in [5.41, 5.74) is 5.04. The summed E-state index contributed by atoms with van der Waals surface area (Å²) in [7, 11) is -5.09. The molecular weight excluding hydrogens is 847 g/mol. The minimum absolute atomic E-state index is 0.0116. The Morgan fingerprint density at radius 2 is 1.06 bits per heavy atom. The molecule has 65 heavy (non-hydrogen) atoms. The third-order valence-corrected chi connectivity index (χ3v) is 12.8. The number of unbranched alkanes of at least 4 members (excludes halogenated alkanes) is 14. The van der Waals surface area contributed by atoms with Gasteiger partial charge in [0.2, 0.25) is 5.91 Å². The number of hydrogen-bond donors (Lipinski definition) is 3. The van der Waals surface area contributed by atoms with E-state index in [4.69, 9.17) is 18.4 Å². The normalized spacial score (nSPS) is 18.0. The van der Waals surface area contributed by atoms with Gasteiger partial charge in [0.05, 0.1) is 25.7 Å². The smallest absolute Gasteiger partial charge is 0.397 e. The number of aliphatic hydroxyl groups excluding tert-OH is 1. The fourth-order valence-corrected chi connectivity index (χ4v) is 8.97. The van der Waals surface area contributed by atoms with Gasteiger partial charge in [0.15, 0.2) is 6.10 Å². The van der Waals surface area contributed by atoms with Crippen molar-refractivity contribution in [2.24, 2.45) is 0 Å². The predicted octanol–water partition coefficient (Wildman–Crippen LogP) is 10.5. The molecule has 0 aromatic heterocycles. The second-order valence-electron chi connectivity index (χ2n) is 18.1. The molecule has 2 aromatic carbocycles. The van der Waals surface area contributed by atoms with Gasteiger partial charge in [-0.3, -0.25) is 18.9 Å². The van der Waals surface area contributed by atoms with E-state index in [1.165, 1.54) is 80.9 Å². The van der Waals surface area contributed by atoms with E-state index in [9.17, 15) is 32.5 Å². The van der Waals surface area contributed by atoms with E-state index in [0.717, 1.165) is 69.8 Å². The number of esters is 2. The van der Waals surface area contributed by atoms with Crippen LogP contribution in [0.25, 0.3) is 0 Å². The van der Waals surface area contributed by atoms with Gasteiger partial charge in [-0.05, 0) is 99.3 Å². The van der Waals surface area contributed by atoms with Crippen molar-refractivity contribution in [3.63, 3.8) is 0 Å². The van der Waals surface area contributed by atoms with Gasteiger partial charge in [-0.1, -0.05) is 146 Å². The van der Waals surface area contributed by atoms with Crippen LogP contribution >= 0.6 is 0 Å². The molecule has 368 valence electrons. The monoisotopic (exact) mass is 930 g/mol. The molecule has 0 radical (unpaired) electrons. The highest BCUT2D eigenvalue weighted by molar-refractivity contribution is 7.80. The van der Waals surface area contributed by atoms with E-state index in [0.29, 0.717) is 25.7 Å². The maximum Gasteiger partial charge on any atom is 0.397 e. The average molecular weight is 930 g/mol. The van der Waals surface area contributed by atoms with Crippen molar-refractivity contribution in [3.05, 3.63) is 70.8 Å². The van der Waals surface area contributed by atoms with Crippen LogP contribution in [0.15, 0.2) is 48.5 Å². The molecule has 2 aromatic rings. The molecule has 3 N–H and O–H groups in total. The standard InChI is InChI=1S/C52H83NO11S/c1-4-7-10-11-12-13-14-15-18-27-45(62-49(56)28-21-19-25-43-34-30-41(31-35-43)23-16-8-5-2)38-48(55)53-46-40-61-47(39-54)52(64-65(58,59)60)51(46)63-50(57)29-22-20-26-44-36-32-42(33-37-44)24-17-9-6-3/h30-37,45-47,51-52,54H,4-29,38-40H2,1-3H3,(H,53,55)(H,58,59,60)/t45?,46-,47+,51+,52+/m0/s1. The van der Waals surface area contributed by atoms with Crippen molar-refractivity contribution >= 4 is 28.2 Å². The van der Waals surface area contributed by atoms with E-state index in [2.05, 4.69) is 74.6 Å². The Hall–Kier alpha value is -3.36. The summed E-state index contributed by atoms with van der Waals surface area (Å²) in [6.45, 7) is 5.66. The fourth-order valence-electron chi connectivity index (χ4n) is 8.46. The summed E-state index contributed by atoms with van der Waals surface area (Å²) in [5, 5.41) is 12.8. The molecule has 0 spiro atoms. The molecule has 0 aliphatic carbocycles. The molecule has 0 saturated carbocycles. The largest absolute Gasteiger partial charge is 0.462 e. The summed E-state index contributed by atoms with van der Waals surface area (Å²) >= 11 is 0. The third-order valence-electron chi connectivity index (χ3n) is 12.3. The summed E-state index contributed by atoms with van der Waals surface area (Å²) in [6, 6.07) is 16.1. The quantitative estimate of drug-likeness (QED) is 0.0337. The minimum atomic E-state index is -5.09. The predicted molar refractivity (Wildman–Crippen MR) is 256 cm³/mol. The zero-order valence-electron chi connectivity index (χ0n) is 40.0. The zero-order valence-corrected chi connectivity index (χ0v) is 40.8. The summed E-state index contributed by atoms with van der Waals surface area (Å²) < 4.78 is 55.9. The Morgan fingerprint density at radius 3 is 1.52 bits per heavy atom. The maximum absolute atomic E-state index is 13.7. The van der Waals surface area contributed by atoms with Gasteiger partial charge in [-0.15, -0.1) is 0 Å². The van der Waals surface area contributed by atoms with Gasteiger partial charge in [0.25, 0.3) is 0 Å². The molecule has 1 aliphatic heterocycles. The SMILES string of the molecule is CCCCCCCCCCCC(CC(=O)N[C@H]1CO[C@H](CO)[C@@H](OS(=O)(=O)O)[C@@H]1OC(=O)CCCCc1ccc(CCCCC)cc1)OC(=O)CCCCc1ccc(CCCCC)cc1. The van der Waals surface area contributed by atoms with Crippen LogP contribution in [0.1, 0.15) is 191 Å². The van der Waals surface area contributed by atoms with Gasteiger partial charge in [0.1, 0.15) is 18.3 Å². The third kappa shape index (κ3) is 24.8. The number of carbonyl (C=O) groups excluding carboxylic acids is 3. The molecule has 5 atom stereocenters. The van der Waals surface area contributed by atoms with Crippen molar-refractivity contribution in [3.8, 4) is 0 Å². The van der Waals surface area contributed by atoms with Gasteiger partial charge in [0, 0.05) is 12.8 Å². The van der Waals surface area contributed by atoms with Crippen LogP contribution in [0.2, 0.25) is 0 Å². The highest BCUT2D eigenvalue weighted by Gasteiger charge is 2.46. The van der Waals surface area contributed by atoms with Gasteiger partial charge < -0.3 is 24.6 Å². The van der Waals surface area contributed by atoms with E-state index in [1.807, 2.05) is 0 Å². The summed E-state index contributed by atoms with van der Waals surface area (Å²) in [5.74, 6) is -1.54. The highest BCUT2D eigenvalue weighted by atomic mass is 32.3. The van der Waals surface area contributed by atoms with Crippen LogP contribution < -0.4 is 5.32 Å². The Bertz CT molecular complexity index is 1700. The van der Waals surface area contributed by atoms with Crippen molar-refractivity contribution in [2.75, 3.05) is 13.2 Å². The van der Waals surface area contributed by atoms with Crippen molar-refractivity contribution < 1.29 is 50.9 Å². The molecule has 0 bridgehead atoms. The summed E-state index contributed by atoms with van der Waals surface area (Å²) in [6.07, 6.45) is 19.1. The topological polar surface area (TPSA) is 175 Å². The highest BCUT2D eigenvalue weighted by Crippen LogP contribution is 2.25. The first kappa shape index (κ1) is 56.0. The Balaban J connectivity index is 1.60. The first-order valence-corrected chi connectivity index (χ1v) is 26.5. The molecule has 1 heterocycles. The van der Waals surface area contributed by atoms with Crippen LogP contribution in [0.3, 0.4) is 0 Å². The Kier molecular flexibility index (Phi) is 28.6. The van der Waals surface area contributed by atoms with E-state index >= 15 is 0 Å². The molecule has 3 rings (SSSR count). The van der Waals surface area contributed by atoms with Crippen LogP contribution in [0, 0.1) is 0 Å². The Morgan fingerprint density at radius 1 is 0.631 bits per heavy atom. The molecule has 13 heteroatoms. The van der Waals surface area contributed by atoms with E-state index in [-0.39, 0.29) is 31.8 Å². The number of ether oxygens (including phenoxy) is 3. The molecule has 1 saturated heterocycles. The van der Waals surface area contributed by atoms with Crippen LogP contribution in [0.4, 0.5) is 0 Å². The number of aliphatic hydroxyl groups is 1. The second kappa shape index (κ2) is 33.2. The minimum Gasteiger partial charge on any atom is -0.462 e. The van der Waals surface area contributed by atoms with Crippen molar-refractivity contribution in [1.82, 2.24) is 5.32 Å². The lowest BCUT2D eigenvalue weighted by Gasteiger charge is -2.40. The van der Waals surface area contributed by atoms with Crippen molar-refractivity contribution in [2.45, 2.75) is 225 Å². The van der Waals surface area contributed by atoms with Crippen LogP contribution in [-0.4, -0.2) is 79.6 Å². The van der Waals surface area contributed by atoms with E-state index in [1.54, 1.807) is 0 Å². The molecule has 1 fully saturated rings. The lowest BCUT2D eigenvalue weighted by atomic mass is 9.97. The first-order chi connectivity index (χ1) is 31.4.